The van der Waals surface area contributed by atoms with Crippen molar-refractivity contribution in [3.05, 3.63) is 40.3 Å². The first-order valence-electron chi connectivity index (χ1n) is 7.02. The third kappa shape index (κ3) is 4.68. The minimum Gasteiger partial charge on any atom is -0.354 e. The van der Waals surface area contributed by atoms with Crippen LogP contribution in [0.1, 0.15) is 22.9 Å². The molecule has 0 bridgehead atoms. The van der Waals surface area contributed by atoms with Gasteiger partial charge >= 0.3 is 0 Å². The van der Waals surface area contributed by atoms with Crippen molar-refractivity contribution in [3.8, 4) is 0 Å². The van der Waals surface area contributed by atoms with Gasteiger partial charge < -0.3 is 10.2 Å². The molecule has 6 heteroatoms. The lowest BCUT2D eigenvalue weighted by Crippen LogP contribution is -2.34. The molecule has 1 unspecified atom stereocenters. The average Bonchev–Trinajstić information content (AvgIpc) is 3.08. The molecule has 2 heterocycles. The zero-order valence-corrected chi connectivity index (χ0v) is 13.6. The number of nitrogens with zero attached hydrogens (tertiary/aromatic N) is 3. The number of nitrogens with one attached hydrogen (secondary N) is 1. The Morgan fingerprint density at radius 3 is 2.90 bits per heavy atom. The SMILES string of the molecule is Cc1cnn(CCC(=O)NCC(c2cccs2)N(C)C)c1. The Kier molecular flexibility index (Phi) is 5.52. The molecule has 0 fully saturated rings. The molecule has 114 valence electrons. The van der Waals surface area contributed by atoms with Crippen LogP contribution in [0.15, 0.2) is 29.9 Å². The first-order valence-corrected chi connectivity index (χ1v) is 7.90. The molecule has 0 aromatic carbocycles. The molecule has 5 nitrogen and oxygen atoms in total. The highest BCUT2D eigenvalue weighted by molar-refractivity contribution is 7.10. The summed E-state index contributed by atoms with van der Waals surface area (Å²) in [7, 11) is 4.06. The van der Waals surface area contributed by atoms with E-state index in [1.807, 2.05) is 33.3 Å². The second-order valence-corrected chi connectivity index (χ2v) is 6.31. The number of carbonyl (C=O) groups excluding carboxylic acids is 1. The molecule has 2 aromatic rings. The lowest BCUT2D eigenvalue weighted by molar-refractivity contribution is -0.121. The maximum atomic E-state index is 12.0. The normalized spacial score (nSPS) is 12.6. The van der Waals surface area contributed by atoms with E-state index in [0.29, 0.717) is 19.5 Å². The Balaban J connectivity index is 1.79. The van der Waals surface area contributed by atoms with Gasteiger partial charge in [0.2, 0.25) is 5.91 Å². The summed E-state index contributed by atoms with van der Waals surface area (Å²) in [5.41, 5.74) is 1.11. The van der Waals surface area contributed by atoms with Crippen molar-refractivity contribution in [1.29, 1.82) is 0 Å². The highest BCUT2D eigenvalue weighted by Crippen LogP contribution is 2.22. The molecule has 1 N–H and O–H groups in total. The molecule has 0 radical (unpaired) electrons. The van der Waals surface area contributed by atoms with E-state index in [4.69, 9.17) is 0 Å². The predicted octanol–water partition coefficient (Wildman–Crippen LogP) is 2.06. The molecule has 0 saturated heterocycles. The lowest BCUT2D eigenvalue weighted by atomic mass is 10.2. The van der Waals surface area contributed by atoms with Crippen LogP contribution in [0.4, 0.5) is 0 Å². The van der Waals surface area contributed by atoms with Crippen molar-refractivity contribution in [2.75, 3.05) is 20.6 Å². The minimum absolute atomic E-state index is 0.0616. The highest BCUT2D eigenvalue weighted by atomic mass is 32.1. The molecule has 0 spiro atoms. The highest BCUT2D eigenvalue weighted by Gasteiger charge is 2.16. The van der Waals surface area contributed by atoms with Gasteiger partial charge in [0.1, 0.15) is 0 Å². The smallest absolute Gasteiger partial charge is 0.221 e. The monoisotopic (exact) mass is 306 g/mol. The van der Waals surface area contributed by atoms with Crippen molar-refractivity contribution >= 4 is 17.2 Å². The van der Waals surface area contributed by atoms with Crippen LogP contribution in [0.25, 0.3) is 0 Å². The Labute approximate surface area is 129 Å². The van der Waals surface area contributed by atoms with Crippen LogP contribution in [0, 0.1) is 6.92 Å². The number of hydrogen-bond acceptors (Lipinski definition) is 4. The number of amides is 1. The summed E-state index contributed by atoms with van der Waals surface area (Å²) in [6.07, 6.45) is 4.20. The third-order valence-corrected chi connectivity index (χ3v) is 4.29. The fourth-order valence-electron chi connectivity index (χ4n) is 2.12. The van der Waals surface area contributed by atoms with E-state index >= 15 is 0 Å². The van der Waals surface area contributed by atoms with Gasteiger partial charge in [-0.3, -0.25) is 9.48 Å². The van der Waals surface area contributed by atoms with Gasteiger partial charge in [0, 0.05) is 30.6 Å². The van der Waals surface area contributed by atoms with Crippen LogP contribution in [0.3, 0.4) is 0 Å². The van der Waals surface area contributed by atoms with Gasteiger partial charge in [0.05, 0.1) is 12.2 Å². The van der Waals surface area contributed by atoms with Gasteiger partial charge in [-0.2, -0.15) is 5.10 Å². The number of aromatic nitrogens is 2. The third-order valence-electron chi connectivity index (χ3n) is 3.32. The topological polar surface area (TPSA) is 50.2 Å². The molecular formula is C15H22N4OS. The van der Waals surface area contributed by atoms with Gasteiger partial charge in [0.15, 0.2) is 0 Å². The van der Waals surface area contributed by atoms with Crippen molar-refractivity contribution in [1.82, 2.24) is 20.0 Å². The van der Waals surface area contributed by atoms with E-state index in [0.717, 1.165) is 5.56 Å². The summed E-state index contributed by atoms with van der Waals surface area (Å²) in [5, 5.41) is 9.26. The summed E-state index contributed by atoms with van der Waals surface area (Å²) >= 11 is 1.72. The van der Waals surface area contributed by atoms with Crippen LogP contribution >= 0.6 is 11.3 Å². The average molecular weight is 306 g/mol. The molecular weight excluding hydrogens is 284 g/mol. The summed E-state index contributed by atoms with van der Waals surface area (Å²) in [6.45, 7) is 3.24. The van der Waals surface area contributed by atoms with E-state index < -0.39 is 0 Å². The molecule has 0 aliphatic carbocycles. The minimum atomic E-state index is 0.0616. The van der Waals surface area contributed by atoms with Crippen LogP contribution in [-0.2, 0) is 11.3 Å². The molecule has 0 aliphatic rings. The van der Waals surface area contributed by atoms with Gasteiger partial charge in [-0.1, -0.05) is 6.07 Å². The largest absolute Gasteiger partial charge is 0.354 e. The number of hydrogen-bond donors (Lipinski definition) is 1. The van der Waals surface area contributed by atoms with Crippen LogP contribution in [-0.4, -0.2) is 41.2 Å². The van der Waals surface area contributed by atoms with Crippen LogP contribution < -0.4 is 5.32 Å². The number of likely N-dealkylation sites (N-methyl/N-ethyl adjacent to an activating group) is 1. The predicted molar refractivity (Wildman–Crippen MR) is 85.3 cm³/mol. The van der Waals surface area contributed by atoms with Gasteiger partial charge in [-0.25, -0.2) is 0 Å². The van der Waals surface area contributed by atoms with E-state index in [9.17, 15) is 4.79 Å². The van der Waals surface area contributed by atoms with Crippen LogP contribution in [0.5, 0.6) is 0 Å². The summed E-state index contributed by atoms with van der Waals surface area (Å²) in [4.78, 5) is 15.3. The number of aryl methyl sites for hydroxylation is 2. The van der Waals surface area contributed by atoms with E-state index in [2.05, 4.69) is 26.8 Å². The van der Waals surface area contributed by atoms with Crippen molar-refractivity contribution in [2.45, 2.75) is 25.9 Å². The molecule has 21 heavy (non-hydrogen) atoms. The first kappa shape index (κ1) is 15.7. The van der Waals surface area contributed by atoms with E-state index in [1.54, 1.807) is 22.2 Å². The fraction of sp³-hybridized carbons (Fsp3) is 0.467. The second-order valence-electron chi connectivity index (χ2n) is 5.33. The van der Waals surface area contributed by atoms with Gasteiger partial charge in [-0.05, 0) is 38.0 Å². The van der Waals surface area contributed by atoms with Gasteiger partial charge in [-0.15, -0.1) is 11.3 Å². The summed E-state index contributed by atoms with van der Waals surface area (Å²) in [6, 6.07) is 4.37. The Hall–Kier alpha value is -1.66. The Morgan fingerprint density at radius 2 is 2.33 bits per heavy atom. The molecule has 1 atom stereocenters. The van der Waals surface area contributed by atoms with E-state index in [1.165, 1.54) is 4.88 Å². The van der Waals surface area contributed by atoms with E-state index in [-0.39, 0.29) is 11.9 Å². The quantitative estimate of drug-likeness (QED) is 0.852. The molecule has 2 aromatic heterocycles. The number of carbonyl (C=O) groups is 1. The lowest BCUT2D eigenvalue weighted by Gasteiger charge is -2.23. The molecule has 0 aliphatic heterocycles. The first-order chi connectivity index (χ1) is 10.1. The maximum Gasteiger partial charge on any atom is 0.221 e. The Morgan fingerprint density at radius 1 is 1.52 bits per heavy atom. The Bertz CT molecular complexity index is 562. The number of thiophene rings is 1. The summed E-state index contributed by atoms with van der Waals surface area (Å²) in [5.74, 6) is 0.0616. The zero-order chi connectivity index (χ0) is 15.2. The molecule has 2 rings (SSSR count). The van der Waals surface area contributed by atoms with Crippen molar-refractivity contribution in [3.63, 3.8) is 0 Å². The van der Waals surface area contributed by atoms with Crippen LogP contribution in [0.2, 0.25) is 0 Å². The van der Waals surface area contributed by atoms with Crippen molar-refractivity contribution in [2.24, 2.45) is 0 Å². The number of rotatable bonds is 7. The van der Waals surface area contributed by atoms with Gasteiger partial charge in [0.25, 0.3) is 0 Å². The second kappa shape index (κ2) is 7.38. The summed E-state index contributed by atoms with van der Waals surface area (Å²) < 4.78 is 1.80. The maximum absolute atomic E-state index is 12.0. The fourth-order valence-corrected chi connectivity index (χ4v) is 3.05. The molecule has 0 saturated carbocycles. The van der Waals surface area contributed by atoms with Crippen molar-refractivity contribution < 1.29 is 4.79 Å². The molecule has 1 amide bonds. The zero-order valence-electron chi connectivity index (χ0n) is 12.7. The standard InChI is InChI=1S/C15H22N4OS/c1-12-9-17-19(11-12)7-6-15(20)16-10-13(18(2)3)14-5-4-8-21-14/h4-5,8-9,11,13H,6-7,10H2,1-3H3,(H,16,20).